The summed E-state index contributed by atoms with van der Waals surface area (Å²) in [4.78, 5) is 11.2. The van der Waals surface area contributed by atoms with Gasteiger partial charge >= 0.3 is 0 Å². The molecule has 1 aromatic rings. The fourth-order valence-electron chi connectivity index (χ4n) is 1.15. The minimum Gasteiger partial charge on any atom is -0.399 e. The number of nitriles is 1. The van der Waals surface area contributed by atoms with E-state index in [1.54, 1.807) is 12.1 Å². The largest absolute Gasteiger partial charge is 0.399 e. The highest BCUT2D eigenvalue weighted by Crippen LogP contribution is 2.14. The molecule has 0 saturated heterocycles. The van der Waals surface area contributed by atoms with Crippen LogP contribution < -0.4 is 11.1 Å². The van der Waals surface area contributed by atoms with Gasteiger partial charge in [0.05, 0.1) is 11.0 Å². The molecule has 0 bridgehead atoms. The molecule has 0 aliphatic heterocycles. The molecule has 7 heteroatoms. The standard InChI is InChI=1S/C10H11N3O3S/c11-4-5-13-10(14)7-17(15,16)9-3-1-2-8(12)6-9/h1-3,6H,5,7,12H2,(H,13,14). The maximum Gasteiger partial charge on any atom is 0.236 e. The van der Waals surface area contributed by atoms with Crippen molar-refractivity contribution in [3.8, 4) is 6.07 Å². The summed E-state index contributed by atoms with van der Waals surface area (Å²) in [6.07, 6.45) is 0. The monoisotopic (exact) mass is 253 g/mol. The van der Waals surface area contributed by atoms with E-state index in [0.717, 1.165) is 0 Å². The van der Waals surface area contributed by atoms with Crippen molar-refractivity contribution < 1.29 is 13.2 Å². The van der Waals surface area contributed by atoms with Crippen LogP contribution in [-0.4, -0.2) is 26.6 Å². The third-order valence-electron chi connectivity index (χ3n) is 1.90. The zero-order valence-electron chi connectivity index (χ0n) is 8.88. The number of benzene rings is 1. The fraction of sp³-hybridized carbons (Fsp3) is 0.200. The highest BCUT2D eigenvalue weighted by molar-refractivity contribution is 7.92. The average Bonchev–Trinajstić information content (AvgIpc) is 2.26. The van der Waals surface area contributed by atoms with Crippen LogP contribution in [0, 0.1) is 11.3 Å². The van der Waals surface area contributed by atoms with Crippen LogP contribution in [0.3, 0.4) is 0 Å². The van der Waals surface area contributed by atoms with Gasteiger partial charge in [0.1, 0.15) is 12.3 Å². The molecule has 0 heterocycles. The van der Waals surface area contributed by atoms with E-state index >= 15 is 0 Å². The summed E-state index contributed by atoms with van der Waals surface area (Å²) in [6, 6.07) is 7.38. The molecule has 3 N–H and O–H groups in total. The molecule has 0 aliphatic rings. The lowest BCUT2D eigenvalue weighted by atomic mass is 10.3. The zero-order valence-corrected chi connectivity index (χ0v) is 9.70. The fourth-order valence-corrected chi connectivity index (χ4v) is 2.37. The Morgan fingerprint density at radius 1 is 1.47 bits per heavy atom. The minimum absolute atomic E-state index is 0.00962. The molecule has 0 radical (unpaired) electrons. The number of hydrogen-bond acceptors (Lipinski definition) is 5. The Hall–Kier alpha value is -2.07. The number of nitrogens with zero attached hydrogens (tertiary/aromatic N) is 1. The Balaban J connectivity index is 2.83. The quantitative estimate of drug-likeness (QED) is 0.564. The van der Waals surface area contributed by atoms with Gasteiger partial charge < -0.3 is 11.1 Å². The third kappa shape index (κ3) is 3.77. The van der Waals surface area contributed by atoms with Crippen molar-refractivity contribution in [1.29, 1.82) is 5.26 Å². The van der Waals surface area contributed by atoms with E-state index < -0.39 is 21.5 Å². The summed E-state index contributed by atoms with van der Waals surface area (Å²) in [5, 5.41) is 10.4. The highest BCUT2D eigenvalue weighted by Gasteiger charge is 2.19. The second-order valence-corrected chi connectivity index (χ2v) is 5.26. The summed E-state index contributed by atoms with van der Waals surface area (Å²) in [6.45, 7) is -0.217. The molecular weight excluding hydrogens is 242 g/mol. The van der Waals surface area contributed by atoms with Crippen molar-refractivity contribution in [2.45, 2.75) is 4.90 Å². The van der Waals surface area contributed by atoms with Gasteiger partial charge in [-0.2, -0.15) is 5.26 Å². The van der Waals surface area contributed by atoms with E-state index in [2.05, 4.69) is 5.32 Å². The molecule has 1 rings (SSSR count). The molecule has 1 aromatic carbocycles. The van der Waals surface area contributed by atoms with Gasteiger partial charge in [-0.1, -0.05) is 6.07 Å². The number of nitrogen functional groups attached to an aromatic ring is 1. The predicted molar refractivity (Wildman–Crippen MR) is 61.5 cm³/mol. The first-order valence-electron chi connectivity index (χ1n) is 4.67. The summed E-state index contributed by atoms with van der Waals surface area (Å²) in [7, 11) is -3.71. The summed E-state index contributed by atoms with van der Waals surface area (Å²) >= 11 is 0. The Morgan fingerprint density at radius 3 is 2.76 bits per heavy atom. The van der Waals surface area contributed by atoms with Crippen molar-refractivity contribution >= 4 is 21.4 Å². The molecule has 1 amide bonds. The van der Waals surface area contributed by atoms with Crippen LogP contribution in [0.2, 0.25) is 0 Å². The number of nitrogens with two attached hydrogens (primary N) is 1. The van der Waals surface area contributed by atoms with Crippen LogP contribution in [0.15, 0.2) is 29.2 Å². The number of rotatable bonds is 4. The Morgan fingerprint density at radius 2 is 2.18 bits per heavy atom. The van der Waals surface area contributed by atoms with Crippen LogP contribution in [0.25, 0.3) is 0 Å². The molecule has 90 valence electrons. The van der Waals surface area contributed by atoms with Crippen molar-refractivity contribution in [1.82, 2.24) is 5.32 Å². The van der Waals surface area contributed by atoms with Gasteiger partial charge in [-0.15, -0.1) is 0 Å². The first-order chi connectivity index (χ1) is 7.95. The van der Waals surface area contributed by atoms with E-state index in [9.17, 15) is 13.2 Å². The van der Waals surface area contributed by atoms with Crippen molar-refractivity contribution in [3.05, 3.63) is 24.3 Å². The first kappa shape index (κ1) is 13.0. The van der Waals surface area contributed by atoms with Gasteiger partial charge in [-0.05, 0) is 18.2 Å². The van der Waals surface area contributed by atoms with E-state index in [-0.39, 0.29) is 11.4 Å². The summed E-state index contributed by atoms with van der Waals surface area (Å²) in [5.41, 5.74) is 5.77. The summed E-state index contributed by atoms with van der Waals surface area (Å²) < 4.78 is 23.5. The lowest BCUT2D eigenvalue weighted by Gasteiger charge is -2.04. The number of carbonyl (C=O) groups is 1. The zero-order chi connectivity index (χ0) is 12.9. The Labute approximate surface area is 99.0 Å². The number of amides is 1. The Kier molecular flexibility index (Phi) is 4.06. The molecular formula is C10H11N3O3S. The van der Waals surface area contributed by atoms with Gasteiger partial charge in [-0.3, -0.25) is 4.79 Å². The maximum absolute atomic E-state index is 11.8. The lowest BCUT2D eigenvalue weighted by molar-refractivity contribution is -0.118. The van der Waals surface area contributed by atoms with Gasteiger partial charge in [0, 0.05) is 5.69 Å². The molecule has 17 heavy (non-hydrogen) atoms. The van der Waals surface area contributed by atoms with Gasteiger partial charge in [-0.25, -0.2) is 8.42 Å². The predicted octanol–water partition coefficient (Wildman–Crippen LogP) is -0.318. The number of hydrogen-bond donors (Lipinski definition) is 2. The van der Waals surface area contributed by atoms with Crippen LogP contribution in [0.4, 0.5) is 5.69 Å². The van der Waals surface area contributed by atoms with E-state index in [0.29, 0.717) is 5.69 Å². The Bertz CT molecular complexity index is 560. The van der Waals surface area contributed by atoms with Crippen molar-refractivity contribution in [3.63, 3.8) is 0 Å². The molecule has 0 saturated carbocycles. The van der Waals surface area contributed by atoms with E-state index in [1.165, 1.54) is 18.2 Å². The SMILES string of the molecule is N#CCNC(=O)CS(=O)(=O)c1cccc(N)c1. The summed E-state index contributed by atoms with van der Waals surface area (Å²) in [5.74, 6) is -1.41. The first-order valence-corrected chi connectivity index (χ1v) is 6.33. The number of sulfone groups is 1. The van der Waals surface area contributed by atoms with Gasteiger partial charge in [0.25, 0.3) is 0 Å². The molecule has 6 nitrogen and oxygen atoms in total. The van der Waals surface area contributed by atoms with E-state index in [4.69, 9.17) is 11.0 Å². The van der Waals surface area contributed by atoms with Gasteiger partial charge in [0.15, 0.2) is 9.84 Å². The van der Waals surface area contributed by atoms with E-state index in [1.807, 2.05) is 0 Å². The minimum atomic E-state index is -3.71. The smallest absolute Gasteiger partial charge is 0.236 e. The normalized spacial score (nSPS) is 10.5. The number of anilines is 1. The second-order valence-electron chi connectivity index (χ2n) is 3.27. The van der Waals surface area contributed by atoms with Crippen LogP contribution >= 0.6 is 0 Å². The lowest BCUT2D eigenvalue weighted by Crippen LogP contribution is -2.30. The molecule has 0 fully saturated rings. The van der Waals surface area contributed by atoms with Gasteiger partial charge in [0.2, 0.25) is 5.91 Å². The topological polar surface area (TPSA) is 113 Å². The maximum atomic E-state index is 11.8. The molecule has 0 unspecified atom stereocenters. The third-order valence-corrected chi connectivity index (χ3v) is 3.52. The van der Waals surface area contributed by atoms with Crippen molar-refractivity contribution in [2.24, 2.45) is 0 Å². The molecule has 0 aliphatic carbocycles. The highest BCUT2D eigenvalue weighted by atomic mass is 32.2. The average molecular weight is 253 g/mol. The molecule has 0 atom stereocenters. The number of nitrogens with one attached hydrogen (secondary N) is 1. The molecule has 0 spiro atoms. The van der Waals surface area contributed by atoms with Crippen molar-refractivity contribution in [2.75, 3.05) is 18.0 Å². The second kappa shape index (κ2) is 5.32. The molecule has 0 aromatic heterocycles. The van der Waals surface area contributed by atoms with Crippen LogP contribution in [0.5, 0.6) is 0 Å². The van der Waals surface area contributed by atoms with Crippen LogP contribution in [-0.2, 0) is 14.6 Å². The van der Waals surface area contributed by atoms with Crippen LogP contribution in [0.1, 0.15) is 0 Å². The number of carbonyl (C=O) groups excluding carboxylic acids is 1.